The van der Waals surface area contributed by atoms with E-state index in [0.29, 0.717) is 5.56 Å². The number of benzene rings is 1. The van der Waals surface area contributed by atoms with Crippen molar-refractivity contribution >= 4 is 33.5 Å². The Bertz CT molecular complexity index is 327. The highest BCUT2D eigenvalue weighted by Crippen LogP contribution is 2.22. The number of alkyl halides is 1. The number of carbonyl (C=O) groups is 1. The molecule has 0 aliphatic heterocycles. The van der Waals surface area contributed by atoms with E-state index in [4.69, 9.17) is 0 Å². The molecule has 0 saturated heterocycles. The SMILES string of the molecule is CSc1ccc(F)cc1C(=O)CBr. The van der Waals surface area contributed by atoms with Crippen molar-refractivity contribution in [3.8, 4) is 0 Å². The van der Waals surface area contributed by atoms with Gasteiger partial charge in [-0.3, -0.25) is 4.79 Å². The molecule has 0 bridgehead atoms. The van der Waals surface area contributed by atoms with Crippen LogP contribution in [0.2, 0.25) is 0 Å². The lowest BCUT2D eigenvalue weighted by Gasteiger charge is -2.03. The Hall–Kier alpha value is -0.350. The molecule has 0 amide bonds. The second-order valence-electron chi connectivity index (χ2n) is 2.40. The molecule has 0 N–H and O–H groups in total. The summed E-state index contributed by atoms with van der Waals surface area (Å²) in [6, 6.07) is 4.25. The molecule has 0 aliphatic rings. The molecule has 70 valence electrons. The highest BCUT2D eigenvalue weighted by atomic mass is 79.9. The monoisotopic (exact) mass is 262 g/mol. The molecule has 0 fully saturated rings. The summed E-state index contributed by atoms with van der Waals surface area (Å²) >= 11 is 4.50. The lowest BCUT2D eigenvalue weighted by Crippen LogP contribution is -2.02. The minimum atomic E-state index is -0.373. The zero-order chi connectivity index (χ0) is 9.84. The minimum Gasteiger partial charge on any atom is -0.293 e. The van der Waals surface area contributed by atoms with Crippen LogP contribution in [0, 0.1) is 5.82 Å². The first-order valence-corrected chi connectivity index (χ1v) is 5.96. The van der Waals surface area contributed by atoms with E-state index >= 15 is 0 Å². The van der Waals surface area contributed by atoms with Crippen LogP contribution in [0.3, 0.4) is 0 Å². The van der Waals surface area contributed by atoms with Gasteiger partial charge >= 0.3 is 0 Å². The zero-order valence-corrected chi connectivity index (χ0v) is 9.41. The molecule has 1 rings (SSSR count). The average molecular weight is 263 g/mol. The zero-order valence-electron chi connectivity index (χ0n) is 7.01. The molecule has 0 spiro atoms. The van der Waals surface area contributed by atoms with Crippen LogP contribution in [-0.2, 0) is 0 Å². The third kappa shape index (κ3) is 2.54. The predicted octanol–water partition coefficient (Wildman–Crippen LogP) is 3.13. The largest absolute Gasteiger partial charge is 0.293 e. The van der Waals surface area contributed by atoms with Crippen LogP contribution in [0.1, 0.15) is 10.4 Å². The molecule has 1 nitrogen and oxygen atoms in total. The van der Waals surface area contributed by atoms with Gasteiger partial charge in [0, 0.05) is 10.5 Å². The number of hydrogen-bond donors (Lipinski definition) is 0. The van der Waals surface area contributed by atoms with Crippen molar-refractivity contribution in [2.45, 2.75) is 4.90 Å². The van der Waals surface area contributed by atoms with Crippen molar-refractivity contribution in [1.82, 2.24) is 0 Å². The van der Waals surface area contributed by atoms with Crippen LogP contribution < -0.4 is 0 Å². The Morgan fingerprint density at radius 3 is 2.85 bits per heavy atom. The van der Waals surface area contributed by atoms with E-state index in [-0.39, 0.29) is 16.9 Å². The fourth-order valence-electron chi connectivity index (χ4n) is 0.970. The first-order chi connectivity index (χ1) is 6.19. The minimum absolute atomic E-state index is 0.0937. The molecule has 0 unspecified atom stereocenters. The van der Waals surface area contributed by atoms with Crippen LogP contribution in [-0.4, -0.2) is 17.4 Å². The summed E-state index contributed by atoms with van der Waals surface area (Å²) in [4.78, 5) is 12.1. The van der Waals surface area contributed by atoms with Crippen LogP contribution in [0.4, 0.5) is 4.39 Å². The maximum absolute atomic E-state index is 12.8. The first-order valence-electron chi connectivity index (χ1n) is 3.61. The van der Waals surface area contributed by atoms with Gasteiger partial charge in [-0.1, -0.05) is 15.9 Å². The molecular weight excluding hydrogens is 255 g/mol. The quantitative estimate of drug-likeness (QED) is 0.473. The van der Waals surface area contributed by atoms with Crippen molar-refractivity contribution in [1.29, 1.82) is 0 Å². The number of hydrogen-bond acceptors (Lipinski definition) is 2. The summed E-state index contributed by atoms with van der Waals surface area (Å²) in [5.74, 6) is -0.467. The Balaban J connectivity index is 3.15. The second kappa shape index (κ2) is 4.77. The lowest BCUT2D eigenvalue weighted by molar-refractivity contribution is 0.102. The number of halogens is 2. The van der Waals surface area contributed by atoms with E-state index in [0.717, 1.165) is 4.90 Å². The van der Waals surface area contributed by atoms with Gasteiger partial charge in [-0.15, -0.1) is 11.8 Å². The van der Waals surface area contributed by atoms with E-state index < -0.39 is 0 Å². The fraction of sp³-hybridized carbons (Fsp3) is 0.222. The fourth-order valence-corrected chi connectivity index (χ4v) is 1.87. The maximum Gasteiger partial charge on any atom is 0.174 e. The highest BCUT2D eigenvalue weighted by Gasteiger charge is 2.10. The van der Waals surface area contributed by atoms with E-state index in [1.807, 2.05) is 6.26 Å². The van der Waals surface area contributed by atoms with Gasteiger partial charge in [-0.25, -0.2) is 4.39 Å². The van der Waals surface area contributed by atoms with Gasteiger partial charge < -0.3 is 0 Å². The molecular formula is C9H8BrFOS. The summed E-state index contributed by atoms with van der Waals surface area (Å²) < 4.78 is 12.8. The van der Waals surface area contributed by atoms with Crippen LogP contribution in [0.15, 0.2) is 23.1 Å². The Labute approximate surface area is 88.8 Å². The molecule has 0 aromatic heterocycles. The molecule has 1 aromatic rings. The second-order valence-corrected chi connectivity index (χ2v) is 3.81. The summed E-state index contributed by atoms with van der Waals surface area (Å²) in [7, 11) is 0. The van der Waals surface area contributed by atoms with Gasteiger partial charge in [0.2, 0.25) is 0 Å². The van der Waals surface area contributed by atoms with Crippen LogP contribution in [0.25, 0.3) is 0 Å². The number of carbonyl (C=O) groups excluding carboxylic acids is 1. The van der Waals surface area contributed by atoms with Crippen molar-refractivity contribution in [2.75, 3.05) is 11.6 Å². The Kier molecular flexibility index (Phi) is 3.93. The van der Waals surface area contributed by atoms with Crippen LogP contribution >= 0.6 is 27.7 Å². The molecule has 0 aliphatic carbocycles. The Morgan fingerprint density at radius 1 is 1.62 bits per heavy atom. The number of rotatable bonds is 3. The van der Waals surface area contributed by atoms with Crippen molar-refractivity contribution in [3.63, 3.8) is 0 Å². The summed E-state index contributed by atoms with van der Waals surface area (Å²) in [5, 5.41) is 0.226. The molecule has 0 saturated carbocycles. The van der Waals surface area contributed by atoms with Gasteiger partial charge in [0.25, 0.3) is 0 Å². The van der Waals surface area contributed by atoms with Crippen molar-refractivity contribution in [3.05, 3.63) is 29.6 Å². The van der Waals surface area contributed by atoms with Gasteiger partial charge in [0.15, 0.2) is 5.78 Å². The van der Waals surface area contributed by atoms with E-state index in [9.17, 15) is 9.18 Å². The van der Waals surface area contributed by atoms with Gasteiger partial charge in [0.05, 0.1) is 5.33 Å². The summed E-state index contributed by atoms with van der Waals surface area (Å²) in [5.41, 5.74) is 0.448. The summed E-state index contributed by atoms with van der Waals surface area (Å²) in [6.45, 7) is 0. The van der Waals surface area contributed by atoms with Crippen LogP contribution in [0.5, 0.6) is 0 Å². The molecule has 1 aromatic carbocycles. The first kappa shape index (κ1) is 10.7. The molecule has 4 heteroatoms. The van der Waals surface area contributed by atoms with Crippen molar-refractivity contribution < 1.29 is 9.18 Å². The maximum atomic E-state index is 12.8. The number of ketones is 1. The predicted molar refractivity (Wildman–Crippen MR) is 56.3 cm³/mol. The lowest BCUT2D eigenvalue weighted by atomic mass is 10.1. The third-order valence-corrected chi connectivity index (χ3v) is 2.89. The topological polar surface area (TPSA) is 17.1 Å². The standard InChI is InChI=1S/C9H8BrFOS/c1-13-9-3-2-6(11)4-7(9)8(12)5-10/h2-4H,5H2,1H3. The number of Topliss-reactive ketones (excluding diaryl/α,β-unsaturated/α-hetero) is 1. The third-order valence-electron chi connectivity index (χ3n) is 1.58. The molecule has 0 atom stereocenters. The van der Waals surface area contributed by atoms with Gasteiger partial charge in [-0.05, 0) is 24.5 Å². The molecule has 0 heterocycles. The number of thioether (sulfide) groups is 1. The van der Waals surface area contributed by atoms with Gasteiger partial charge in [0.1, 0.15) is 5.82 Å². The van der Waals surface area contributed by atoms with Gasteiger partial charge in [-0.2, -0.15) is 0 Å². The highest BCUT2D eigenvalue weighted by molar-refractivity contribution is 9.09. The van der Waals surface area contributed by atoms with Crippen molar-refractivity contribution in [2.24, 2.45) is 0 Å². The smallest absolute Gasteiger partial charge is 0.174 e. The molecule has 0 radical (unpaired) electrons. The average Bonchev–Trinajstić information content (AvgIpc) is 2.16. The normalized spacial score (nSPS) is 10.1. The van der Waals surface area contributed by atoms with E-state index in [1.165, 1.54) is 23.9 Å². The summed E-state index contributed by atoms with van der Waals surface area (Å²) in [6.07, 6.45) is 1.86. The Morgan fingerprint density at radius 2 is 2.31 bits per heavy atom. The molecule has 13 heavy (non-hydrogen) atoms. The van der Waals surface area contributed by atoms with E-state index in [1.54, 1.807) is 6.07 Å². The van der Waals surface area contributed by atoms with E-state index in [2.05, 4.69) is 15.9 Å².